The van der Waals surface area contributed by atoms with Gasteiger partial charge in [0.05, 0.1) is 3.79 Å². The van der Waals surface area contributed by atoms with Crippen LogP contribution in [0.4, 0.5) is 13.2 Å². The summed E-state index contributed by atoms with van der Waals surface area (Å²) in [6, 6.07) is 3.42. The molecule has 0 saturated carbocycles. The smallest absolute Gasteiger partial charge is 0.194 e. The summed E-state index contributed by atoms with van der Waals surface area (Å²) in [7, 11) is 0. The number of aliphatic hydroxyl groups excluding tert-OH is 1. The number of hydrogen-bond acceptors (Lipinski definition) is 2. The third-order valence-corrected chi connectivity index (χ3v) is 3.79. The van der Waals surface area contributed by atoms with Gasteiger partial charge in [-0.15, -0.1) is 11.3 Å². The van der Waals surface area contributed by atoms with Crippen molar-refractivity contribution in [2.45, 2.75) is 6.10 Å². The van der Waals surface area contributed by atoms with E-state index >= 15 is 0 Å². The van der Waals surface area contributed by atoms with Gasteiger partial charge in [0.25, 0.3) is 0 Å². The Morgan fingerprint density at radius 2 is 1.88 bits per heavy atom. The predicted molar refractivity (Wildman–Crippen MR) is 62.4 cm³/mol. The SMILES string of the molecule is OC(c1csc(Br)c1)c1ccc(F)c(F)c1F. The van der Waals surface area contributed by atoms with Crippen LogP contribution in [-0.2, 0) is 0 Å². The van der Waals surface area contributed by atoms with Gasteiger partial charge < -0.3 is 5.11 Å². The Morgan fingerprint density at radius 3 is 2.47 bits per heavy atom. The second-order valence-electron chi connectivity index (χ2n) is 3.35. The average Bonchev–Trinajstić information content (AvgIpc) is 2.72. The largest absolute Gasteiger partial charge is 0.384 e. The Balaban J connectivity index is 2.44. The molecule has 1 aromatic carbocycles. The second kappa shape index (κ2) is 4.80. The molecule has 1 aromatic heterocycles. The summed E-state index contributed by atoms with van der Waals surface area (Å²) in [4.78, 5) is 0. The van der Waals surface area contributed by atoms with Crippen LogP contribution >= 0.6 is 27.3 Å². The van der Waals surface area contributed by atoms with Crippen molar-refractivity contribution in [2.24, 2.45) is 0 Å². The molecule has 2 rings (SSSR count). The number of benzene rings is 1. The molecule has 17 heavy (non-hydrogen) atoms. The molecule has 90 valence electrons. The van der Waals surface area contributed by atoms with Gasteiger partial charge in [-0.2, -0.15) is 0 Å². The fourth-order valence-corrected chi connectivity index (χ4v) is 2.59. The van der Waals surface area contributed by atoms with Crippen LogP contribution in [0.25, 0.3) is 0 Å². The average molecular weight is 323 g/mol. The lowest BCUT2D eigenvalue weighted by Gasteiger charge is -2.10. The van der Waals surface area contributed by atoms with Crippen LogP contribution < -0.4 is 0 Å². The Kier molecular flexibility index (Phi) is 3.56. The maximum atomic E-state index is 13.4. The minimum Gasteiger partial charge on any atom is -0.384 e. The molecule has 0 aliphatic carbocycles. The Morgan fingerprint density at radius 1 is 1.18 bits per heavy atom. The van der Waals surface area contributed by atoms with E-state index in [4.69, 9.17) is 0 Å². The molecule has 0 spiro atoms. The fraction of sp³-hybridized carbons (Fsp3) is 0.0909. The van der Waals surface area contributed by atoms with E-state index < -0.39 is 23.6 Å². The molecule has 0 aliphatic rings. The van der Waals surface area contributed by atoms with Crippen molar-refractivity contribution in [3.05, 3.63) is 55.9 Å². The number of hydrogen-bond donors (Lipinski definition) is 1. The highest BCUT2D eigenvalue weighted by Crippen LogP contribution is 2.31. The van der Waals surface area contributed by atoms with Crippen LogP contribution in [0, 0.1) is 17.5 Å². The third-order valence-electron chi connectivity index (χ3n) is 2.26. The molecule has 1 unspecified atom stereocenters. The zero-order valence-electron chi connectivity index (χ0n) is 8.25. The molecule has 0 fully saturated rings. The normalized spacial score (nSPS) is 12.8. The molecule has 2 aromatic rings. The number of rotatable bonds is 2. The predicted octanol–water partition coefficient (Wildman–Crippen LogP) is 4.01. The quantitative estimate of drug-likeness (QED) is 0.828. The third kappa shape index (κ3) is 2.38. The minimum atomic E-state index is -1.57. The zero-order valence-corrected chi connectivity index (χ0v) is 10.7. The molecule has 0 aliphatic heterocycles. The Hall–Kier alpha value is -0.850. The van der Waals surface area contributed by atoms with Gasteiger partial charge >= 0.3 is 0 Å². The van der Waals surface area contributed by atoms with Gasteiger partial charge in [0.15, 0.2) is 17.5 Å². The topological polar surface area (TPSA) is 20.2 Å². The summed E-state index contributed by atoms with van der Waals surface area (Å²) in [5.74, 6) is -4.21. The van der Waals surface area contributed by atoms with E-state index in [1.54, 1.807) is 11.4 Å². The molecule has 0 saturated heterocycles. The van der Waals surface area contributed by atoms with Crippen LogP contribution in [0.15, 0.2) is 27.4 Å². The molecule has 0 amide bonds. The monoisotopic (exact) mass is 322 g/mol. The van der Waals surface area contributed by atoms with Crippen molar-refractivity contribution < 1.29 is 18.3 Å². The van der Waals surface area contributed by atoms with E-state index in [0.29, 0.717) is 5.56 Å². The first-order valence-corrected chi connectivity index (χ1v) is 6.23. The molecule has 6 heteroatoms. The Bertz CT molecular complexity index is 556. The fourth-order valence-electron chi connectivity index (χ4n) is 1.40. The maximum Gasteiger partial charge on any atom is 0.194 e. The van der Waals surface area contributed by atoms with Gasteiger partial charge in [-0.25, -0.2) is 13.2 Å². The highest BCUT2D eigenvalue weighted by Gasteiger charge is 2.21. The lowest BCUT2D eigenvalue weighted by atomic mass is 10.0. The van der Waals surface area contributed by atoms with Crippen molar-refractivity contribution >= 4 is 27.3 Å². The van der Waals surface area contributed by atoms with Gasteiger partial charge in [0.2, 0.25) is 0 Å². The number of halogens is 4. The van der Waals surface area contributed by atoms with E-state index in [0.717, 1.165) is 15.9 Å². The van der Waals surface area contributed by atoms with E-state index in [1.165, 1.54) is 11.3 Å². The zero-order chi connectivity index (χ0) is 12.6. The standard InChI is InChI=1S/C11H6BrF3OS/c12-8-3-5(4-17-8)11(16)6-1-2-7(13)10(15)9(6)14/h1-4,11,16H. The summed E-state index contributed by atoms with van der Waals surface area (Å²) in [6.45, 7) is 0. The van der Waals surface area contributed by atoms with E-state index in [-0.39, 0.29) is 5.56 Å². The molecule has 0 radical (unpaired) electrons. The Labute approximate surface area is 108 Å². The molecule has 1 heterocycles. The number of thiophene rings is 1. The van der Waals surface area contributed by atoms with Crippen molar-refractivity contribution in [1.82, 2.24) is 0 Å². The summed E-state index contributed by atoms with van der Waals surface area (Å²) in [5, 5.41) is 11.5. The van der Waals surface area contributed by atoms with Gasteiger partial charge in [-0.3, -0.25) is 0 Å². The van der Waals surface area contributed by atoms with Crippen molar-refractivity contribution in [3.8, 4) is 0 Å². The molecule has 1 N–H and O–H groups in total. The second-order valence-corrected chi connectivity index (χ2v) is 5.64. The van der Waals surface area contributed by atoms with Crippen LogP contribution in [0.1, 0.15) is 17.2 Å². The van der Waals surface area contributed by atoms with Gasteiger partial charge in [0.1, 0.15) is 6.10 Å². The molecule has 1 atom stereocenters. The lowest BCUT2D eigenvalue weighted by molar-refractivity contribution is 0.213. The lowest BCUT2D eigenvalue weighted by Crippen LogP contribution is -2.04. The van der Waals surface area contributed by atoms with Gasteiger partial charge in [0, 0.05) is 5.56 Å². The van der Waals surface area contributed by atoms with Crippen LogP contribution in [-0.4, -0.2) is 5.11 Å². The van der Waals surface area contributed by atoms with Crippen molar-refractivity contribution in [1.29, 1.82) is 0 Å². The summed E-state index contributed by atoms with van der Waals surface area (Å²) >= 11 is 4.50. The van der Waals surface area contributed by atoms with Crippen LogP contribution in [0.5, 0.6) is 0 Å². The van der Waals surface area contributed by atoms with E-state index in [1.807, 2.05) is 0 Å². The highest BCUT2D eigenvalue weighted by molar-refractivity contribution is 9.11. The van der Waals surface area contributed by atoms with Crippen molar-refractivity contribution in [2.75, 3.05) is 0 Å². The molecular weight excluding hydrogens is 317 g/mol. The van der Waals surface area contributed by atoms with Crippen LogP contribution in [0.2, 0.25) is 0 Å². The summed E-state index contributed by atoms with van der Waals surface area (Å²) in [5.41, 5.74) is 0.140. The maximum absolute atomic E-state index is 13.4. The van der Waals surface area contributed by atoms with Crippen molar-refractivity contribution in [3.63, 3.8) is 0 Å². The van der Waals surface area contributed by atoms with Gasteiger partial charge in [-0.1, -0.05) is 6.07 Å². The first kappa shape index (κ1) is 12.6. The van der Waals surface area contributed by atoms with Gasteiger partial charge in [-0.05, 0) is 39.0 Å². The first-order valence-electron chi connectivity index (χ1n) is 4.56. The summed E-state index contributed by atoms with van der Waals surface area (Å²) < 4.78 is 39.9. The molecular formula is C11H6BrF3OS. The minimum absolute atomic E-state index is 0.283. The number of aliphatic hydroxyl groups is 1. The first-order chi connectivity index (χ1) is 8.00. The van der Waals surface area contributed by atoms with E-state index in [9.17, 15) is 18.3 Å². The van der Waals surface area contributed by atoms with Crippen LogP contribution in [0.3, 0.4) is 0 Å². The summed E-state index contributed by atoms with van der Waals surface area (Å²) in [6.07, 6.45) is -1.31. The highest BCUT2D eigenvalue weighted by atomic mass is 79.9. The molecule has 1 nitrogen and oxygen atoms in total. The van der Waals surface area contributed by atoms with E-state index in [2.05, 4.69) is 15.9 Å². The molecule has 0 bridgehead atoms.